The molecule has 1 atom stereocenters. The predicted octanol–water partition coefficient (Wildman–Crippen LogP) is 4.37. The number of oxazole rings is 1. The molecule has 30 heavy (non-hydrogen) atoms. The molecule has 2 aromatic carbocycles. The van der Waals surface area contributed by atoms with Gasteiger partial charge in [-0.15, -0.1) is 0 Å². The molecule has 0 saturated carbocycles. The first-order valence-electron chi connectivity index (χ1n) is 10.5. The number of halogens is 1. The number of likely N-dealkylation sites (tertiary alicyclic amines) is 1. The zero-order valence-corrected chi connectivity index (χ0v) is 16.9. The van der Waals surface area contributed by atoms with Gasteiger partial charge < -0.3 is 9.73 Å². The lowest BCUT2D eigenvalue weighted by atomic mass is 10.1. The summed E-state index contributed by atoms with van der Waals surface area (Å²) in [6, 6.07) is 16.9. The lowest BCUT2D eigenvalue weighted by molar-refractivity contribution is -0.121. The molecule has 1 unspecified atom stereocenters. The van der Waals surface area contributed by atoms with Crippen LogP contribution in [0.25, 0.3) is 11.3 Å². The lowest BCUT2D eigenvalue weighted by Crippen LogP contribution is -2.36. The van der Waals surface area contributed by atoms with Crippen LogP contribution in [0.15, 0.2) is 65.2 Å². The van der Waals surface area contributed by atoms with Crippen molar-refractivity contribution in [2.45, 2.75) is 31.7 Å². The Balaban J connectivity index is 1.32. The Morgan fingerprint density at radius 3 is 2.60 bits per heavy atom. The summed E-state index contributed by atoms with van der Waals surface area (Å²) in [6.45, 7) is 2.70. The molecule has 4 rings (SSSR count). The van der Waals surface area contributed by atoms with Crippen LogP contribution < -0.4 is 5.32 Å². The predicted molar refractivity (Wildman–Crippen MR) is 113 cm³/mol. The summed E-state index contributed by atoms with van der Waals surface area (Å²) in [5.41, 5.74) is 1.60. The summed E-state index contributed by atoms with van der Waals surface area (Å²) >= 11 is 0. The molecule has 1 saturated heterocycles. The molecule has 6 heteroatoms. The van der Waals surface area contributed by atoms with Crippen molar-refractivity contribution in [3.05, 3.63) is 78.1 Å². The largest absolute Gasteiger partial charge is 0.441 e. The van der Waals surface area contributed by atoms with Gasteiger partial charge >= 0.3 is 0 Å². The van der Waals surface area contributed by atoms with E-state index in [1.165, 1.54) is 30.7 Å². The fraction of sp³-hybridized carbons (Fsp3) is 0.333. The van der Waals surface area contributed by atoms with Crippen molar-refractivity contribution in [1.29, 1.82) is 0 Å². The first-order valence-corrected chi connectivity index (χ1v) is 10.5. The second kappa shape index (κ2) is 9.67. The van der Waals surface area contributed by atoms with E-state index in [1.54, 1.807) is 18.2 Å². The molecule has 3 aromatic rings. The minimum absolute atomic E-state index is 0.0410. The normalized spacial score (nSPS) is 15.2. The number of nitrogens with zero attached hydrogens (tertiary/aromatic N) is 2. The minimum atomic E-state index is -0.355. The maximum Gasteiger partial charge on any atom is 0.220 e. The number of aryl methyl sites for hydroxylation is 1. The number of amides is 1. The van der Waals surface area contributed by atoms with Gasteiger partial charge in [0.15, 0.2) is 11.7 Å². The molecule has 0 radical (unpaired) electrons. The third kappa shape index (κ3) is 4.94. The summed E-state index contributed by atoms with van der Waals surface area (Å²) < 4.78 is 19.5. The average molecular weight is 407 g/mol. The van der Waals surface area contributed by atoms with Crippen LogP contribution in [0.4, 0.5) is 4.39 Å². The highest BCUT2D eigenvalue weighted by Crippen LogP contribution is 2.25. The van der Waals surface area contributed by atoms with E-state index in [0.717, 1.165) is 13.1 Å². The van der Waals surface area contributed by atoms with Crippen LogP contribution in [-0.4, -0.2) is 35.4 Å². The summed E-state index contributed by atoms with van der Waals surface area (Å²) in [4.78, 5) is 19.1. The average Bonchev–Trinajstić information content (AvgIpc) is 3.46. The van der Waals surface area contributed by atoms with Gasteiger partial charge in [0.05, 0.1) is 17.8 Å². The molecular formula is C24H26FN3O2. The van der Waals surface area contributed by atoms with E-state index in [0.29, 0.717) is 30.2 Å². The molecule has 1 N–H and O–H groups in total. The Bertz CT molecular complexity index is 967. The summed E-state index contributed by atoms with van der Waals surface area (Å²) in [6.07, 6.45) is 4.56. The topological polar surface area (TPSA) is 58.4 Å². The van der Waals surface area contributed by atoms with E-state index in [2.05, 4.69) is 27.3 Å². The molecule has 1 aromatic heterocycles. The maximum atomic E-state index is 13.9. The van der Waals surface area contributed by atoms with E-state index in [-0.39, 0.29) is 24.2 Å². The Kier molecular flexibility index (Phi) is 6.54. The lowest BCUT2D eigenvalue weighted by Gasteiger charge is -2.28. The van der Waals surface area contributed by atoms with Crippen molar-refractivity contribution < 1.29 is 13.6 Å². The van der Waals surface area contributed by atoms with Gasteiger partial charge in [-0.3, -0.25) is 9.69 Å². The smallest absolute Gasteiger partial charge is 0.220 e. The van der Waals surface area contributed by atoms with E-state index < -0.39 is 0 Å². The Labute approximate surface area is 175 Å². The van der Waals surface area contributed by atoms with Crippen LogP contribution in [-0.2, 0) is 11.2 Å². The highest BCUT2D eigenvalue weighted by atomic mass is 19.1. The van der Waals surface area contributed by atoms with E-state index in [1.807, 2.05) is 18.2 Å². The van der Waals surface area contributed by atoms with E-state index in [4.69, 9.17) is 4.42 Å². The number of carbonyl (C=O) groups excluding carboxylic acids is 1. The summed E-state index contributed by atoms with van der Waals surface area (Å²) in [7, 11) is 0. The molecular weight excluding hydrogens is 381 g/mol. The number of rotatable bonds is 8. The fourth-order valence-electron chi connectivity index (χ4n) is 3.92. The van der Waals surface area contributed by atoms with E-state index in [9.17, 15) is 9.18 Å². The molecule has 1 fully saturated rings. The van der Waals surface area contributed by atoms with Crippen molar-refractivity contribution >= 4 is 5.91 Å². The molecule has 1 aliphatic rings. The Hall–Kier alpha value is -2.99. The van der Waals surface area contributed by atoms with Crippen LogP contribution in [0.5, 0.6) is 0 Å². The molecule has 0 spiro atoms. The monoisotopic (exact) mass is 407 g/mol. The Morgan fingerprint density at radius 2 is 1.83 bits per heavy atom. The fourth-order valence-corrected chi connectivity index (χ4v) is 3.92. The standard InChI is InChI=1S/C24H26FN3O2/c25-20-11-5-4-10-19(20)22-17-27-24(30-22)13-12-23(29)26-16-21(28-14-6-7-15-28)18-8-2-1-3-9-18/h1-5,8-11,17,21H,6-7,12-16H2,(H,26,29). The number of carbonyl (C=O) groups is 1. The van der Waals surface area contributed by atoms with Crippen molar-refractivity contribution in [2.24, 2.45) is 0 Å². The second-order valence-electron chi connectivity index (χ2n) is 7.57. The van der Waals surface area contributed by atoms with Crippen LogP contribution >= 0.6 is 0 Å². The highest BCUT2D eigenvalue weighted by molar-refractivity contribution is 5.76. The molecule has 0 aliphatic carbocycles. The number of nitrogens with one attached hydrogen (secondary N) is 1. The van der Waals surface area contributed by atoms with Gasteiger partial charge in [0.25, 0.3) is 0 Å². The summed E-state index contributed by atoms with van der Waals surface area (Å²) in [5, 5.41) is 3.07. The molecule has 156 valence electrons. The first-order chi connectivity index (χ1) is 14.7. The minimum Gasteiger partial charge on any atom is -0.441 e. The molecule has 1 amide bonds. The van der Waals surface area contributed by atoms with Gasteiger partial charge in [-0.2, -0.15) is 0 Å². The zero-order chi connectivity index (χ0) is 20.8. The maximum absolute atomic E-state index is 13.9. The van der Waals surface area contributed by atoms with Gasteiger partial charge in [0, 0.05) is 19.4 Å². The Morgan fingerprint density at radius 1 is 1.10 bits per heavy atom. The number of benzene rings is 2. The number of aromatic nitrogens is 1. The summed E-state index contributed by atoms with van der Waals surface area (Å²) in [5.74, 6) is 0.414. The molecule has 1 aliphatic heterocycles. The van der Waals surface area contributed by atoms with Crippen molar-refractivity contribution in [2.75, 3.05) is 19.6 Å². The molecule has 5 nitrogen and oxygen atoms in total. The van der Waals surface area contributed by atoms with Crippen LogP contribution in [0.3, 0.4) is 0 Å². The van der Waals surface area contributed by atoms with Gasteiger partial charge in [0.1, 0.15) is 5.82 Å². The van der Waals surface area contributed by atoms with Gasteiger partial charge in [-0.25, -0.2) is 9.37 Å². The molecule has 0 bridgehead atoms. The quantitative estimate of drug-likeness (QED) is 0.603. The zero-order valence-electron chi connectivity index (χ0n) is 16.9. The van der Waals surface area contributed by atoms with Crippen molar-refractivity contribution in [3.63, 3.8) is 0 Å². The second-order valence-corrected chi connectivity index (χ2v) is 7.57. The van der Waals surface area contributed by atoms with Crippen molar-refractivity contribution in [3.8, 4) is 11.3 Å². The van der Waals surface area contributed by atoms with Crippen molar-refractivity contribution in [1.82, 2.24) is 15.2 Å². The highest BCUT2D eigenvalue weighted by Gasteiger charge is 2.23. The van der Waals surface area contributed by atoms with Crippen LogP contribution in [0.2, 0.25) is 0 Å². The van der Waals surface area contributed by atoms with E-state index >= 15 is 0 Å². The van der Waals surface area contributed by atoms with Crippen LogP contribution in [0.1, 0.15) is 36.8 Å². The number of hydrogen-bond acceptors (Lipinski definition) is 4. The van der Waals surface area contributed by atoms with Gasteiger partial charge in [-0.05, 0) is 43.6 Å². The van der Waals surface area contributed by atoms with Gasteiger partial charge in [-0.1, -0.05) is 42.5 Å². The van der Waals surface area contributed by atoms with Gasteiger partial charge in [0.2, 0.25) is 5.91 Å². The molecule has 2 heterocycles. The third-order valence-corrected chi connectivity index (χ3v) is 5.52. The first kappa shape index (κ1) is 20.3. The van der Waals surface area contributed by atoms with Crippen LogP contribution in [0, 0.1) is 5.82 Å². The third-order valence-electron chi connectivity index (χ3n) is 5.52. The SMILES string of the molecule is O=C(CCc1ncc(-c2ccccc2F)o1)NCC(c1ccccc1)N1CCCC1. The number of hydrogen-bond donors (Lipinski definition) is 1.